The van der Waals surface area contributed by atoms with E-state index in [1.54, 1.807) is 6.92 Å². The van der Waals surface area contributed by atoms with E-state index in [1.165, 1.54) is 0 Å². The standard InChI is InChI=1S/C22H27N3O2/c1-22(23,18-7-3-2-4-8-18)21(27)24-19-12-9-17(10-13-19)11-14-20(26)25-15-5-6-16-25/h2-4,7-10,12-13H,5-6,11,14-16,23H2,1H3,(H,24,27). The molecule has 2 aromatic rings. The molecule has 1 fully saturated rings. The van der Waals surface area contributed by atoms with Crippen LogP contribution >= 0.6 is 0 Å². The van der Waals surface area contributed by atoms with E-state index >= 15 is 0 Å². The van der Waals surface area contributed by atoms with Gasteiger partial charge in [0.2, 0.25) is 11.8 Å². The zero-order valence-electron chi connectivity index (χ0n) is 15.8. The third-order valence-electron chi connectivity index (χ3n) is 5.14. The SMILES string of the molecule is CC(N)(C(=O)Nc1ccc(CCC(=O)N2CCCC2)cc1)c1ccccc1. The summed E-state index contributed by atoms with van der Waals surface area (Å²) in [4.78, 5) is 26.7. The Morgan fingerprint density at radius 3 is 2.30 bits per heavy atom. The van der Waals surface area contributed by atoms with Gasteiger partial charge < -0.3 is 16.0 Å². The lowest BCUT2D eigenvalue weighted by molar-refractivity contribution is -0.130. The number of likely N-dealkylation sites (tertiary alicyclic amines) is 1. The molecule has 142 valence electrons. The van der Waals surface area contributed by atoms with Gasteiger partial charge in [-0.05, 0) is 49.4 Å². The summed E-state index contributed by atoms with van der Waals surface area (Å²) in [6.07, 6.45) is 3.47. The Morgan fingerprint density at radius 2 is 1.67 bits per heavy atom. The maximum atomic E-state index is 12.6. The summed E-state index contributed by atoms with van der Waals surface area (Å²) in [7, 11) is 0. The van der Waals surface area contributed by atoms with Crippen LogP contribution < -0.4 is 11.1 Å². The van der Waals surface area contributed by atoms with Gasteiger partial charge >= 0.3 is 0 Å². The van der Waals surface area contributed by atoms with Crippen molar-refractivity contribution in [3.63, 3.8) is 0 Å². The van der Waals surface area contributed by atoms with Gasteiger partial charge in [-0.1, -0.05) is 42.5 Å². The number of amides is 2. The summed E-state index contributed by atoms with van der Waals surface area (Å²) in [5.41, 5.74) is 7.68. The average Bonchev–Trinajstić information content (AvgIpc) is 3.23. The predicted octanol–water partition coefficient (Wildman–Crippen LogP) is 3.05. The number of hydrogen-bond acceptors (Lipinski definition) is 3. The molecule has 0 spiro atoms. The Hall–Kier alpha value is -2.66. The van der Waals surface area contributed by atoms with Gasteiger partial charge in [0.1, 0.15) is 5.54 Å². The van der Waals surface area contributed by atoms with Crippen LogP contribution in [0.4, 0.5) is 5.69 Å². The van der Waals surface area contributed by atoms with Crippen LogP contribution in [0.15, 0.2) is 54.6 Å². The Kier molecular flexibility index (Phi) is 5.91. The normalized spacial score (nSPS) is 16.0. The first-order valence-electron chi connectivity index (χ1n) is 9.49. The fourth-order valence-corrected chi connectivity index (χ4v) is 3.31. The molecule has 5 heteroatoms. The van der Waals surface area contributed by atoms with Crippen molar-refractivity contribution in [3.8, 4) is 0 Å². The third-order valence-corrected chi connectivity index (χ3v) is 5.14. The number of carbonyl (C=O) groups is 2. The predicted molar refractivity (Wildman–Crippen MR) is 107 cm³/mol. The molecule has 3 rings (SSSR count). The second-order valence-electron chi connectivity index (χ2n) is 7.31. The number of hydrogen-bond donors (Lipinski definition) is 2. The van der Waals surface area contributed by atoms with E-state index in [4.69, 9.17) is 5.73 Å². The van der Waals surface area contributed by atoms with Crippen molar-refractivity contribution in [2.75, 3.05) is 18.4 Å². The minimum Gasteiger partial charge on any atom is -0.343 e. The van der Waals surface area contributed by atoms with Crippen molar-refractivity contribution in [1.82, 2.24) is 4.90 Å². The van der Waals surface area contributed by atoms with Crippen LogP contribution in [0.2, 0.25) is 0 Å². The zero-order chi connectivity index (χ0) is 19.3. The summed E-state index contributed by atoms with van der Waals surface area (Å²) in [6, 6.07) is 16.9. The highest BCUT2D eigenvalue weighted by Crippen LogP contribution is 2.20. The van der Waals surface area contributed by atoms with E-state index in [-0.39, 0.29) is 11.8 Å². The third kappa shape index (κ3) is 4.74. The molecule has 1 heterocycles. The Balaban J connectivity index is 1.55. The van der Waals surface area contributed by atoms with E-state index in [9.17, 15) is 9.59 Å². The monoisotopic (exact) mass is 365 g/mol. The number of nitrogens with one attached hydrogen (secondary N) is 1. The van der Waals surface area contributed by atoms with Crippen molar-refractivity contribution < 1.29 is 9.59 Å². The van der Waals surface area contributed by atoms with Crippen molar-refractivity contribution >= 4 is 17.5 Å². The largest absolute Gasteiger partial charge is 0.343 e. The first-order chi connectivity index (χ1) is 13.0. The molecule has 0 aromatic heterocycles. The van der Waals surface area contributed by atoms with E-state index in [0.717, 1.165) is 37.1 Å². The first kappa shape index (κ1) is 19.1. The van der Waals surface area contributed by atoms with Gasteiger partial charge in [-0.15, -0.1) is 0 Å². The maximum Gasteiger partial charge on any atom is 0.248 e. The first-order valence-corrected chi connectivity index (χ1v) is 9.49. The van der Waals surface area contributed by atoms with Crippen LogP contribution in [0.5, 0.6) is 0 Å². The Morgan fingerprint density at radius 1 is 1.04 bits per heavy atom. The molecule has 1 aliphatic heterocycles. The molecule has 5 nitrogen and oxygen atoms in total. The lowest BCUT2D eigenvalue weighted by Crippen LogP contribution is -2.45. The average molecular weight is 365 g/mol. The van der Waals surface area contributed by atoms with Gasteiger partial charge in [-0.25, -0.2) is 0 Å². The molecule has 2 amide bonds. The highest BCUT2D eigenvalue weighted by atomic mass is 16.2. The summed E-state index contributed by atoms with van der Waals surface area (Å²) >= 11 is 0. The molecule has 3 N–H and O–H groups in total. The van der Waals surface area contributed by atoms with Crippen LogP contribution in [-0.2, 0) is 21.5 Å². The number of rotatable bonds is 6. The van der Waals surface area contributed by atoms with Crippen LogP contribution in [0.3, 0.4) is 0 Å². The number of anilines is 1. The summed E-state index contributed by atoms with van der Waals surface area (Å²) in [5, 5.41) is 2.88. The fourth-order valence-electron chi connectivity index (χ4n) is 3.31. The van der Waals surface area contributed by atoms with Gasteiger partial charge in [-0.3, -0.25) is 9.59 Å². The molecule has 0 radical (unpaired) electrons. The molecule has 1 atom stereocenters. The molecule has 0 aliphatic carbocycles. The van der Waals surface area contributed by atoms with Crippen LogP contribution in [-0.4, -0.2) is 29.8 Å². The Labute approximate surface area is 160 Å². The fraction of sp³-hybridized carbons (Fsp3) is 0.364. The minimum atomic E-state index is -1.11. The number of nitrogens with zero attached hydrogens (tertiary/aromatic N) is 1. The summed E-state index contributed by atoms with van der Waals surface area (Å²) < 4.78 is 0. The molecule has 27 heavy (non-hydrogen) atoms. The molecule has 1 unspecified atom stereocenters. The smallest absolute Gasteiger partial charge is 0.248 e. The molecular weight excluding hydrogens is 338 g/mol. The molecule has 2 aromatic carbocycles. The van der Waals surface area contributed by atoms with Crippen molar-refractivity contribution in [3.05, 3.63) is 65.7 Å². The van der Waals surface area contributed by atoms with Gasteiger partial charge in [0.25, 0.3) is 0 Å². The lowest BCUT2D eigenvalue weighted by Gasteiger charge is -2.24. The number of carbonyl (C=O) groups excluding carboxylic acids is 2. The quantitative estimate of drug-likeness (QED) is 0.826. The molecule has 1 saturated heterocycles. The number of aryl methyl sites for hydroxylation is 1. The van der Waals surface area contributed by atoms with Gasteiger partial charge in [0.15, 0.2) is 0 Å². The topological polar surface area (TPSA) is 75.4 Å². The molecule has 1 aliphatic rings. The van der Waals surface area contributed by atoms with Crippen LogP contribution in [0.1, 0.15) is 37.3 Å². The van der Waals surface area contributed by atoms with Crippen molar-refractivity contribution in [1.29, 1.82) is 0 Å². The van der Waals surface area contributed by atoms with Gasteiger partial charge in [-0.2, -0.15) is 0 Å². The second kappa shape index (κ2) is 8.35. The number of benzene rings is 2. The van der Waals surface area contributed by atoms with E-state index in [0.29, 0.717) is 18.5 Å². The summed E-state index contributed by atoms with van der Waals surface area (Å²) in [6.45, 7) is 3.49. The molecule has 0 saturated carbocycles. The highest BCUT2D eigenvalue weighted by molar-refractivity contribution is 5.98. The molecular formula is C22H27N3O2. The van der Waals surface area contributed by atoms with E-state index in [1.807, 2.05) is 59.5 Å². The zero-order valence-corrected chi connectivity index (χ0v) is 15.8. The summed E-state index contributed by atoms with van der Waals surface area (Å²) in [5.74, 6) is -0.0303. The van der Waals surface area contributed by atoms with Crippen LogP contribution in [0.25, 0.3) is 0 Å². The van der Waals surface area contributed by atoms with Gasteiger partial charge in [0.05, 0.1) is 0 Å². The van der Waals surface area contributed by atoms with E-state index in [2.05, 4.69) is 5.32 Å². The lowest BCUT2D eigenvalue weighted by atomic mass is 9.92. The van der Waals surface area contributed by atoms with E-state index < -0.39 is 5.54 Å². The minimum absolute atomic E-state index is 0.228. The van der Waals surface area contributed by atoms with Gasteiger partial charge in [0, 0.05) is 25.2 Å². The van der Waals surface area contributed by atoms with Crippen molar-refractivity contribution in [2.24, 2.45) is 5.73 Å². The van der Waals surface area contributed by atoms with Crippen LogP contribution in [0, 0.1) is 0 Å². The Bertz CT molecular complexity index is 779. The maximum absolute atomic E-state index is 12.6. The second-order valence-corrected chi connectivity index (χ2v) is 7.31. The molecule has 0 bridgehead atoms. The number of nitrogens with two attached hydrogens (primary N) is 1. The highest BCUT2D eigenvalue weighted by Gasteiger charge is 2.30. The van der Waals surface area contributed by atoms with Crippen molar-refractivity contribution in [2.45, 2.75) is 38.1 Å².